The van der Waals surface area contributed by atoms with Gasteiger partial charge in [0, 0.05) is 31.7 Å². The van der Waals surface area contributed by atoms with Crippen molar-refractivity contribution < 1.29 is 27.2 Å². The van der Waals surface area contributed by atoms with Crippen molar-refractivity contribution >= 4 is 11.8 Å². The minimum atomic E-state index is -4.48. The highest BCUT2D eigenvalue weighted by Crippen LogP contribution is 2.22. The van der Waals surface area contributed by atoms with Crippen LogP contribution in [0.1, 0.15) is 15.9 Å². The third-order valence-corrected chi connectivity index (χ3v) is 3.48. The second-order valence-electron chi connectivity index (χ2n) is 5.45. The SMILES string of the molecule is O=C(NCCN1CCNCC1=O)c1cc(F)cc(CC(F)(F)F)c1. The molecule has 24 heavy (non-hydrogen) atoms. The number of hydrogen-bond acceptors (Lipinski definition) is 3. The fraction of sp³-hybridized carbons (Fsp3) is 0.467. The van der Waals surface area contributed by atoms with E-state index in [0.29, 0.717) is 13.1 Å². The lowest BCUT2D eigenvalue weighted by Gasteiger charge is -2.27. The van der Waals surface area contributed by atoms with Gasteiger partial charge in [0.2, 0.25) is 5.91 Å². The van der Waals surface area contributed by atoms with Crippen molar-refractivity contribution in [3.63, 3.8) is 0 Å². The van der Waals surface area contributed by atoms with Crippen LogP contribution in [0.15, 0.2) is 18.2 Å². The van der Waals surface area contributed by atoms with Gasteiger partial charge in [-0.2, -0.15) is 13.2 Å². The zero-order valence-corrected chi connectivity index (χ0v) is 12.8. The lowest BCUT2D eigenvalue weighted by Crippen LogP contribution is -2.50. The maximum Gasteiger partial charge on any atom is 0.393 e. The van der Waals surface area contributed by atoms with Crippen LogP contribution in [0.4, 0.5) is 17.6 Å². The molecule has 0 aromatic heterocycles. The molecule has 0 unspecified atom stereocenters. The van der Waals surface area contributed by atoms with Gasteiger partial charge in [0.25, 0.3) is 5.91 Å². The van der Waals surface area contributed by atoms with Crippen LogP contribution in [0, 0.1) is 5.82 Å². The summed E-state index contributed by atoms with van der Waals surface area (Å²) in [5, 5.41) is 5.39. The number of piperazine rings is 1. The van der Waals surface area contributed by atoms with Crippen molar-refractivity contribution in [3.05, 3.63) is 35.1 Å². The van der Waals surface area contributed by atoms with E-state index in [1.54, 1.807) is 4.90 Å². The first kappa shape index (κ1) is 18.2. The first-order valence-corrected chi connectivity index (χ1v) is 7.37. The molecule has 2 N–H and O–H groups in total. The van der Waals surface area contributed by atoms with Crippen LogP contribution < -0.4 is 10.6 Å². The molecule has 0 saturated carbocycles. The number of benzene rings is 1. The molecule has 0 radical (unpaired) electrons. The van der Waals surface area contributed by atoms with Crippen LogP contribution in [0.5, 0.6) is 0 Å². The largest absolute Gasteiger partial charge is 0.393 e. The fourth-order valence-electron chi connectivity index (χ4n) is 2.40. The molecule has 1 saturated heterocycles. The molecule has 1 fully saturated rings. The Kier molecular flexibility index (Phi) is 5.76. The van der Waals surface area contributed by atoms with Gasteiger partial charge < -0.3 is 15.5 Å². The second-order valence-corrected chi connectivity index (χ2v) is 5.45. The minimum absolute atomic E-state index is 0.0892. The van der Waals surface area contributed by atoms with Crippen LogP contribution >= 0.6 is 0 Å². The summed E-state index contributed by atoms with van der Waals surface area (Å²) >= 11 is 0. The Morgan fingerprint density at radius 1 is 1.29 bits per heavy atom. The molecule has 1 aromatic carbocycles. The summed E-state index contributed by atoms with van der Waals surface area (Å²) in [4.78, 5) is 25.1. The van der Waals surface area contributed by atoms with Crippen molar-refractivity contribution in [2.75, 3.05) is 32.7 Å². The smallest absolute Gasteiger partial charge is 0.350 e. The van der Waals surface area contributed by atoms with E-state index in [0.717, 1.165) is 18.2 Å². The highest BCUT2D eigenvalue weighted by atomic mass is 19.4. The van der Waals surface area contributed by atoms with Crippen LogP contribution in [0.25, 0.3) is 0 Å². The van der Waals surface area contributed by atoms with E-state index in [2.05, 4.69) is 10.6 Å². The zero-order chi connectivity index (χ0) is 17.7. The summed E-state index contributed by atoms with van der Waals surface area (Å²) in [6, 6.07) is 2.65. The van der Waals surface area contributed by atoms with Gasteiger partial charge in [0.15, 0.2) is 0 Å². The van der Waals surface area contributed by atoms with Crippen molar-refractivity contribution in [1.29, 1.82) is 0 Å². The Morgan fingerprint density at radius 2 is 2.04 bits per heavy atom. The van der Waals surface area contributed by atoms with Crippen LogP contribution in [0.2, 0.25) is 0 Å². The highest BCUT2D eigenvalue weighted by Gasteiger charge is 2.28. The molecule has 1 aliphatic heterocycles. The molecule has 132 valence electrons. The number of alkyl halides is 3. The molecule has 1 heterocycles. The molecule has 1 aromatic rings. The predicted octanol–water partition coefficient (Wildman–Crippen LogP) is 1.09. The van der Waals surface area contributed by atoms with Crippen molar-refractivity contribution in [2.24, 2.45) is 0 Å². The zero-order valence-electron chi connectivity index (χ0n) is 12.8. The van der Waals surface area contributed by atoms with Gasteiger partial charge in [0.1, 0.15) is 5.82 Å². The average molecular weight is 347 g/mol. The fourth-order valence-corrected chi connectivity index (χ4v) is 2.40. The Labute approximate surface area is 136 Å². The molecule has 0 spiro atoms. The number of carbonyl (C=O) groups is 2. The van der Waals surface area contributed by atoms with Gasteiger partial charge in [-0.25, -0.2) is 4.39 Å². The summed E-state index contributed by atoms with van der Waals surface area (Å²) < 4.78 is 50.6. The third kappa shape index (κ3) is 5.48. The molecule has 0 aliphatic carbocycles. The lowest BCUT2D eigenvalue weighted by molar-refractivity contribution is -0.131. The lowest BCUT2D eigenvalue weighted by atomic mass is 10.1. The monoisotopic (exact) mass is 347 g/mol. The molecule has 0 atom stereocenters. The van der Waals surface area contributed by atoms with Gasteiger partial charge in [-0.3, -0.25) is 9.59 Å². The molecule has 1 aliphatic rings. The average Bonchev–Trinajstić information content (AvgIpc) is 2.46. The summed E-state index contributed by atoms with van der Waals surface area (Å²) in [5.74, 6) is -1.67. The molecule has 2 rings (SSSR count). The Balaban J connectivity index is 1.93. The molecule has 2 amide bonds. The molecular formula is C15H17F4N3O2. The van der Waals surface area contributed by atoms with Gasteiger partial charge in [-0.05, 0) is 23.8 Å². The van der Waals surface area contributed by atoms with Gasteiger partial charge >= 0.3 is 6.18 Å². The van der Waals surface area contributed by atoms with E-state index in [1.807, 2.05) is 0 Å². The number of amides is 2. The maximum absolute atomic E-state index is 13.4. The Bertz CT molecular complexity index is 619. The summed E-state index contributed by atoms with van der Waals surface area (Å²) in [6.45, 7) is 1.83. The molecule has 5 nitrogen and oxygen atoms in total. The third-order valence-electron chi connectivity index (χ3n) is 3.48. The van der Waals surface area contributed by atoms with E-state index in [9.17, 15) is 27.2 Å². The number of rotatable bonds is 5. The number of nitrogens with zero attached hydrogens (tertiary/aromatic N) is 1. The van der Waals surface area contributed by atoms with E-state index < -0.39 is 24.3 Å². The Hall–Kier alpha value is -2.16. The van der Waals surface area contributed by atoms with Crippen LogP contribution in [-0.2, 0) is 11.2 Å². The van der Waals surface area contributed by atoms with Gasteiger partial charge in [-0.15, -0.1) is 0 Å². The first-order chi connectivity index (χ1) is 11.2. The number of hydrogen-bond donors (Lipinski definition) is 2. The number of nitrogens with one attached hydrogen (secondary N) is 2. The van der Waals surface area contributed by atoms with E-state index >= 15 is 0 Å². The highest BCUT2D eigenvalue weighted by molar-refractivity contribution is 5.94. The Morgan fingerprint density at radius 3 is 2.71 bits per heavy atom. The van der Waals surface area contributed by atoms with Crippen molar-refractivity contribution in [2.45, 2.75) is 12.6 Å². The van der Waals surface area contributed by atoms with Gasteiger partial charge in [0.05, 0.1) is 13.0 Å². The van der Waals surface area contributed by atoms with Crippen LogP contribution in [0.3, 0.4) is 0 Å². The summed E-state index contributed by atoms with van der Waals surface area (Å²) in [6.07, 6.45) is -5.79. The first-order valence-electron chi connectivity index (χ1n) is 7.37. The van der Waals surface area contributed by atoms with Gasteiger partial charge in [-0.1, -0.05) is 0 Å². The summed E-state index contributed by atoms with van der Waals surface area (Å²) in [5.41, 5.74) is -0.495. The number of halogens is 4. The predicted molar refractivity (Wildman–Crippen MR) is 77.9 cm³/mol. The molecular weight excluding hydrogens is 330 g/mol. The minimum Gasteiger partial charge on any atom is -0.350 e. The van der Waals surface area contributed by atoms with E-state index in [4.69, 9.17) is 0 Å². The van der Waals surface area contributed by atoms with Crippen molar-refractivity contribution in [1.82, 2.24) is 15.5 Å². The standard InChI is InChI=1S/C15H17F4N3O2/c16-12-6-10(8-15(17,18)19)5-11(7-12)14(24)21-2-4-22-3-1-20-9-13(22)23/h5-7,20H,1-4,8-9H2,(H,21,24). The number of carbonyl (C=O) groups excluding carboxylic acids is 2. The quantitative estimate of drug-likeness (QED) is 0.784. The van der Waals surface area contributed by atoms with E-state index in [-0.39, 0.29) is 36.7 Å². The maximum atomic E-state index is 13.4. The summed E-state index contributed by atoms with van der Waals surface area (Å²) in [7, 11) is 0. The van der Waals surface area contributed by atoms with Crippen LogP contribution in [-0.4, -0.2) is 55.6 Å². The normalized spacial score (nSPS) is 15.5. The molecule has 0 bridgehead atoms. The van der Waals surface area contributed by atoms with Crippen molar-refractivity contribution in [3.8, 4) is 0 Å². The molecule has 9 heteroatoms. The second kappa shape index (κ2) is 7.61. The topological polar surface area (TPSA) is 61.4 Å². The van der Waals surface area contributed by atoms with E-state index in [1.165, 1.54) is 0 Å².